The fraction of sp³-hybridized carbons (Fsp3) is 0.529. The van der Waals surface area contributed by atoms with Crippen molar-refractivity contribution in [1.82, 2.24) is 10.2 Å². The Balaban J connectivity index is 0.00000169. The van der Waals surface area contributed by atoms with Crippen LogP contribution in [0.1, 0.15) is 41.6 Å². The molecule has 2 fully saturated rings. The Bertz CT molecular complexity index is 668. The summed E-state index contributed by atoms with van der Waals surface area (Å²) in [5, 5.41) is 6.02. The minimum atomic E-state index is -0.549. The Labute approximate surface area is 146 Å². The van der Waals surface area contributed by atoms with Gasteiger partial charge in [0.15, 0.2) is 0 Å². The van der Waals surface area contributed by atoms with Crippen molar-refractivity contribution in [2.75, 3.05) is 18.4 Å². The molecule has 2 unspecified atom stereocenters. The first-order chi connectivity index (χ1) is 11.1. The van der Waals surface area contributed by atoms with Crippen molar-refractivity contribution in [3.05, 3.63) is 29.1 Å². The molecule has 24 heavy (non-hydrogen) atoms. The SMILES string of the molecule is Cl.O=C1CCc2cc(C(=O)N3C4CCNCC3CC4)c(F)cc2N1. The van der Waals surface area contributed by atoms with E-state index in [9.17, 15) is 14.0 Å². The van der Waals surface area contributed by atoms with Crippen LogP contribution in [0.25, 0.3) is 0 Å². The Kier molecular flexibility index (Phi) is 4.78. The molecule has 130 valence electrons. The van der Waals surface area contributed by atoms with E-state index in [4.69, 9.17) is 0 Å². The lowest BCUT2D eigenvalue weighted by Gasteiger charge is -2.28. The number of aryl methyl sites for hydroxylation is 1. The van der Waals surface area contributed by atoms with Crippen molar-refractivity contribution in [1.29, 1.82) is 0 Å². The monoisotopic (exact) mass is 353 g/mol. The third-order valence-electron chi connectivity index (χ3n) is 5.21. The highest BCUT2D eigenvalue weighted by Gasteiger charge is 2.39. The number of halogens is 2. The van der Waals surface area contributed by atoms with Crippen LogP contribution in [0.4, 0.5) is 10.1 Å². The fourth-order valence-corrected chi connectivity index (χ4v) is 4.02. The third kappa shape index (κ3) is 2.89. The second kappa shape index (κ2) is 6.69. The lowest BCUT2D eigenvalue weighted by Crippen LogP contribution is -2.43. The zero-order chi connectivity index (χ0) is 16.0. The molecule has 2 saturated heterocycles. The second-order valence-electron chi connectivity index (χ2n) is 6.63. The highest BCUT2D eigenvalue weighted by molar-refractivity contribution is 5.98. The number of fused-ring (bicyclic) bond motifs is 3. The summed E-state index contributed by atoms with van der Waals surface area (Å²) in [6.07, 6.45) is 3.83. The summed E-state index contributed by atoms with van der Waals surface area (Å²) in [6.45, 7) is 1.69. The Morgan fingerprint density at radius 1 is 1.17 bits per heavy atom. The minimum absolute atomic E-state index is 0. The third-order valence-corrected chi connectivity index (χ3v) is 5.21. The molecule has 0 aliphatic carbocycles. The van der Waals surface area contributed by atoms with E-state index in [0.29, 0.717) is 18.5 Å². The van der Waals surface area contributed by atoms with Gasteiger partial charge in [-0.2, -0.15) is 0 Å². The first-order valence-corrected chi connectivity index (χ1v) is 8.29. The van der Waals surface area contributed by atoms with Crippen LogP contribution in [0.15, 0.2) is 12.1 Å². The van der Waals surface area contributed by atoms with Crippen LogP contribution in [-0.2, 0) is 11.2 Å². The van der Waals surface area contributed by atoms with E-state index in [1.165, 1.54) is 6.07 Å². The topological polar surface area (TPSA) is 61.4 Å². The Morgan fingerprint density at radius 2 is 1.96 bits per heavy atom. The molecule has 0 saturated carbocycles. The molecule has 3 aliphatic heterocycles. The number of nitrogens with one attached hydrogen (secondary N) is 2. The summed E-state index contributed by atoms with van der Waals surface area (Å²) in [4.78, 5) is 26.3. The molecule has 0 radical (unpaired) electrons. The van der Waals surface area contributed by atoms with Gasteiger partial charge in [-0.25, -0.2) is 4.39 Å². The highest BCUT2D eigenvalue weighted by atomic mass is 35.5. The normalized spacial score (nSPS) is 25.4. The van der Waals surface area contributed by atoms with Gasteiger partial charge in [0.25, 0.3) is 5.91 Å². The number of hydrogen-bond donors (Lipinski definition) is 2. The number of hydrogen-bond acceptors (Lipinski definition) is 3. The summed E-state index contributed by atoms with van der Waals surface area (Å²) >= 11 is 0. The number of carbonyl (C=O) groups excluding carboxylic acids is 2. The predicted molar refractivity (Wildman–Crippen MR) is 91.1 cm³/mol. The van der Waals surface area contributed by atoms with Crippen molar-refractivity contribution in [3.8, 4) is 0 Å². The van der Waals surface area contributed by atoms with Crippen LogP contribution in [-0.4, -0.2) is 41.9 Å². The molecular weight excluding hydrogens is 333 g/mol. The first-order valence-electron chi connectivity index (χ1n) is 8.29. The van der Waals surface area contributed by atoms with Gasteiger partial charge in [0, 0.05) is 30.7 Å². The number of anilines is 1. The number of amides is 2. The summed E-state index contributed by atoms with van der Waals surface area (Å²) in [5.74, 6) is -0.862. The van der Waals surface area contributed by atoms with E-state index in [1.54, 1.807) is 6.07 Å². The van der Waals surface area contributed by atoms with E-state index < -0.39 is 5.82 Å². The molecular formula is C17H21ClFN3O2. The van der Waals surface area contributed by atoms with Gasteiger partial charge in [0.2, 0.25) is 5.91 Å². The smallest absolute Gasteiger partial charge is 0.257 e. The van der Waals surface area contributed by atoms with Crippen LogP contribution in [0, 0.1) is 5.82 Å². The van der Waals surface area contributed by atoms with Gasteiger partial charge in [0.05, 0.1) is 5.56 Å². The van der Waals surface area contributed by atoms with Gasteiger partial charge in [-0.05, 0) is 49.9 Å². The molecule has 0 spiro atoms. The van der Waals surface area contributed by atoms with Crippen LogP contribution in [0.5, 0.6) is 0 Å². The van der Waals surface area contributed by atoms with Gasteiger partial charge in [0.1, 0.15) is 5.82 Å². The van der Waals surface area contributed by atoms with Gasteiger partial charge in [-0.3, -0.25) is 9.59 Å². The molecule has 5 nitrogen and oxygen atoms in total. The first kappa shape index (κ1) is 17.2. The molecule has 7 heteroatoms. The molecule has 3 heterocycles. The molecule has 1 aromatic rings. The predicted octanol–water partition coefficient (Wildman–Crippen LogP) is 2.10. The van der Waals surface area contributed by atoms with Crippen molar-refractivity contribution in [3.63, 3.8) is 0 Å². The summed E-state index contributed by atoms with van der Waals surface area (Å²) in [5.41, 5.74) is 1.48. The van der Waals surface area contributed by atoms with Crippen LogP contribution in [0.2, 0.25) is 0 Å². The van der Waals surface area contributed by atoms with Gasteiger partial charge in [-0.15, -0.1) is 12.4 Å². The maximum Gasteiger partial charge on any atom is 0.257 e. The molecule has 2 bridgehead atoms. The van der Waals surface area contributed by atoms with E-state index >= 15 is 0 Å². The van der Waals surface area contributed by atoms with Crippen molar-refractivity contribution in [2.24, 2.45) is 0 Å². The zero-order valence-corrected chi connectivity index (χ0v) is 14.1. The Morgan fingerprint density at radius 3 is 2.79 bits per heavy atom. The van der Waals surface area contributed by atoms with E-state index in [2.05, 4.69) is 10.6 Å². The van der Waals surface area contributed by atoms with Crippen LogP contribution >= 0.6 is 12.4 Å². The summed E-state index contributed by atoms with van der Waals surface area (Å²) in [7, 11) is 0. The molecule has 2 amide bonds. The highest BCUT2D eigenvalue weighted by Crippen LogP contribution is 2.32. The number of benzene rings is 1. The van der Waals surface area contributed by atoms with Crippen molar-refractivity contribution >= 4 is 29.9 Å². The molecule has 2 N–H and O–H groups in total. The van der Waals surface area contributed by atoms with E-state index in [-0.39, 0.29) is 41.9 Å². The maximum absolute atomic E-state index is 14.5. The average molecular weight is 354 g/mol. The van der Waals surface area contributed by atoms with Crippen molar-refractivity contribution in [2.45, 2.75) is 44.2 Å². The largest absolute Gasteiger partial charge is 0.331 e. The molecule has 0 aromatic heterocycles. The van der Waals surface area contributed by atoms with Gasteiger partial charge < -0.3 is 15.5 Å². The van der Waals surface area contributed by atoms with Gasteiger partial charge in [-0.1, -0.05) is 0 Å². The fourth-order valence-electron chi connectivity index (χ4n) is 4.02. The zero-order valence-electron chi connectivity index (χ0n) is 13.3. The summed E-state index contributed by atoms with van der Waals surface area (Å²) < 4.78 is 14.5. The quantitative estimate of drug-likeness (QED) is 0.812. The van der Waals surface area contributed by atoms with E-state index in [0.717, 1.165) is 37.9 Å². The maximum atomic E-state index is 14.5. The molecule has 3 aliphatic rings. The lowest BCUT2D eigenvalue weighted by atomic mass is 9.99. The molecule has 4 rings (SSSR count). The molecule has 1 aromatic carbocycles. The standard InChI is InChI=1S/C17H20FN3O2.ClH/c18-14-8-15-10(1-4-16(22)20-15)7-13(14)17(23)21-11-2-3-12(21)9-19-6-5-11;/h7-8,11-12,19H,1-6,9H2,(H,20,22);1H. The summed E-state index contributed by atoms with van der Waals surface area (Å²) in [6, 6.07) is 3.28. The number of nitrogens with zero attached hydrogens (tertiary/aromatic N) is 1. The second-order valence-corrected chi connectivity index (χ2v) is 6.63. The molecule has 2 atom stereocenters. The van der Waals surface area contributed by atoms with Crippen molar-refractivity contribution < 1.29 is 14.0 Å². The average Bonchev–Trinajstić information content (AvgIpc) is 2.79. The van der Waals surface area contributed by atoms with Crippen LogP contribution < -0.4 is 10.6 Å². The minimum Gasteiger partial charge on any atom is -0.331 e. The number of rotatable bonds is 1. The van der Waals surface area contributed by atoms with Gasteiger partial charge >= 0.3 is 0 Å². The van der Waals surface area contributed by atoms with E-state index in [1.807, 2.05) is 4.90 Å². The number of carbonyl (C=O) groups is 2. The van der Waals surface area contributed by atoms with Crippen LogP contribution in [0.3, 0.4) is 0 Å². The lowest BCUT2D eigenvalue weighted by molar-refractivity contribution is -0.116. The Hall–Kier alpha value is -1.66.